The predicted molar refractivity (Wildman–Crippen MR) is 77.3 cm³/mol. The summed E-state index contributed by atoms with van der Waals surface area (Å²) in [4.78, 5) is 13.9. The fourth-order valence-electron chi connectivity index (χ4n) is 3.14. The van der Waals surface area contributed by atoms with Crippen molar-refractivity contribution in [3.05, 3.63) is 33.6 Å². The van der Waals surface area contributed by atoms with Crippen LogP contribution in [-0.2, 0) is 11.3 Å². The van der Waals surface area contributed by atoms with Crippen LogP contribution in [0.3, 0.4) is 0 Å². The largest absolute Gasteiger partial charge is 0.338 e. The van der Waals surface area contributed by atoms with Gasteiger partial charge in [0.25, 0.3) is 0 Å². The van der Waals surface area contributed by atoms with Gasteiger partial charge in [0.15, 0.2) is 0 Å². The molecule has 5 heteroatoms. The first kappa shape index (κ1) is 14.2. The Morgan fingerprint density at radius 1 is 1.40 bits per heavy atom. The van der Waals surface area contributed by atoms with E-state index >= 15 is 0 Å². The number of nitrogens with zero attached hydrogens (tertiary/aromatic N) is 1. The smallest absolute Gasteiger partial charge is 0.223 e. The van der Waals surface area contributed by atoms with Gasteiger partial charge in [0, 0.05) is 18.5 Å². The minimum atomic E-state index is -0.410. The highest BCUT2D eigenvalue weighted by molar-refractivity contribution is 6.42. The summed E-state index contributed by atoms with van der Waals surface area (Å²) in [6.45, 7) is 3.03. The van der Waals surface area contributed by atoms with E-state index in [1.807, 2.05) is 0 Å². The van der Waals surface area contributed by atoms with Gasteiger partial charge in [-0.15, -0.1) is 0 Å². The molecule has 2 aliphatic rings. The number of carbonyl (C=O) groups excluding carboxylic acids is 1. The van der Waals surface area contributed by atoms with E-state index in [2.05, 4.69) is 6.92 Å². The minimum Gasteiger partial charge on any atom is -0.338 e. The Hall–Kier alpha value is -0.800. The highest BCUT2D eigenvalue weighted by atomic mass is 35.5. The Balaban J connectivity index is 1.82. The van der Waals surface area contributed by atoms with Crippen LogP contribution in [-0.4, -0.2) is 17.4 Å². The molecular weight excluding hydrogens is 300 g/mol. The summed E-state index contributed by atoms with van der Waals surface area (Å²) in [5.74, 6) is 0.304. The summed E-state index contributed by atoms with van der Waals surface area (Å²) in [6, 6.07) is 2.73. The first-order valence-corrected chi connectivity index (χ1v) is 7.56. The fraction of sp³-hybridized carbons (Fsp3) is 0.533. The van der Waals surface area contributed by atoms with E-state index in [1.165, 1.54) is 25.0 Å². The standard InChI is InChI=1S/C15H16Cl2FNO/c1-15(9-2-3-9)6-13(20)19(8-15)7-10-12(18)5-4-11(16)14(10)17/h4-5,9H,2-3,6-8H2,1H3. The number of carbonyl (C=O) groups is 1. The molecule has 1 aromatic rings. The van der Waals surface area contributed by atoms with Crippen molar-refractivity contribution in [3.8, 4) is 0 Å². The van der Waals surface area contributed by atoms with Crippen molar-refractivity contribution in [2.24, 2.45) is 11.3 Å². The van der Waals surface area contributed by atoms with Gasteiger partial charge in [0.05, 0.1) is 16.6 Å². The third kappa shape index (κ3) is 2.42. The minimum absolute atomic E-state index is 0.0403. The highest BCUT2D eigenvalue weighted by Crippen LogP contribution is 2.51. The van der Waals surface area contributed by atoms with E-state index < -0.39 is 5.82 Å². The summed E-state index contributed by atoms with van der Waals surface area (Å²) < 4.78 is 13.9. The predicted octanol–water partition coefficient (Wildman–Crippen LogP) is 4.28. The van der Waals surface area contributed by atoms with Gasteiger partial charge in [-0.25, -0.2) is 4.39 Å². The zero-order valence-corrected chi connectivity index (χ0v) is 12.8. The van der Waals surface area contributed by atoms with Crippen molar-refractivity contribution in [2.75, 3.05) is 6.54 Å². The summed E-state index contributed by atoms with van der Waals surface area (Å²) in [5, 5.41) is 0.527. The lowest BCUT2D eigenvalue weighted by Gasteiger charge is -2.24. The molecule has 0 bridgehead atoms. The quantitative estimate of drug-likeness (QED) is 0.762. The third-order valence-electron chi connectivity index (χ3n) is 4.51. The Morgan fingerprint density at radius 3 is 2.75 bits per heavy atom. The zero-order valence-electron chi connectivity index (χ0n) is 11.3. The Kier molecular flexibility index (Phi) is 3.46. The molecule has 1 saturated heterocycles. The molecule has 1 aliphatic heterocycles. The van der Waals surface area contributed by atoms with Gasteiger partial charge in [-0.1, -0.05) is 30.1 Å². The number of hydrogen-bond donors (Lipinski definition) is 0. The van der Waals surface area contributed by atoms with E-state index in [1.54, 1.807) is 4.90 Å². The average molecular weight is 316 g/mol. The van der Waals surface area contributed by atoms with Crippen molar-refractivity contribution in [2.45, 2.75) is 32.7 Å². The van der Waals surface area contributed by atoms with Gasteiger partial charge in [0.2, 0.25) is 5.91 Å². The van der Waals surface area contributed by atoms with Crippen LogP contribution >= 0.6 is 23.2 Å². The van der Waals surface area contributed by atoms with E-state index in [0.717, 1.165) is 0 Å². The molecule has 0 radical (unpaired) electrons. The Labute approximate surface area is 127 Å². The zero-order chi connectivity index (χ0) is 14.5. The molecule has 1 amide bonds. The van der Waals surface area contributed by atoms with Crippen molar-refractivity contribution in [1.82, 2.24) is 4.90 Å². The normalized spacial score (nSPS) is 26.4. The Bertz CT molecular complexity index is 573. The number of amides is 1. The SMILES string of the molecule is CC1(C2CC2)CC(=O)N(Cc2c(F)ccc(Cl)c2Cl)C1. The van der Waals surface area contributed by atoms with Crippen LogP contribution in [0, 0.1) is 17.2 Å². The van der Waals surface area contributed by atoms with Crippen LogP contribution in [0.25, 0.3) is 0 Å². The third-order valence-corrected chi connectivity index (χ3v) is 5.35. The summed E-state index contributed by atoms with van der Waals surface area (Å²) >= 11 is 12.0. The van der Waals surface area contributed by atoms with Crippen molar-refractivity contribution >= 4 is 29.1 Å². The first-order chi connectivity index (χ1) is 9.40. The molecule has 1 heterocycles. The molecule has 108 valence electrons. The van der Waals surface area contributed by atoms with Crippen molar-refractivity contribution in [3.63, 3.8) is 0 Å². The van der Waals surface area contributed by atoms with Gasteiger partial charge in [-0.2, -0.15) is 0 Å². The lowest BCUT2D eigenvalue weighted by atomic mass is 9.84. The van der Waals surface area contributed by atoms with Gasteiger partial charge < -0.3 is 4.90 Å². The van der Waals surface area contributed by atoms with Gasteiger partial charge in [-0.3, -0.25) is 4.79 Å². The van der Waals surface area contributed by atoms with Crippen LogP contribution in [0.5, 0.6) is 0 Å². The van der Waals surface area contributed by atoms with Crippen LogP contribution in [0.15, 0.2) is 12.1 Å². The summed E-state index contributed by atoms with van der Waals surface area (Å²) in [6.07, 6.45) is 2.95. The lowest BCUT2D eigenvalue weighted by Crippen LogP contribution is -2.28. The van der Waals surface area contributed by atoms with Crippen LogP contribution < -0.4 is 0 Å². The van der Waals surface area contributed by atoms with Gasteiger partial charge in [0.1, 0.15) is 5.82 Å². The molecular formula is C15H16Cl2FNO. The maximum atomic E-state index is 13.9. The topological polar surface area (TPSA) is 20.3 Å². The molecule has 0 aromatic heterocycles. The highest BCUT2D eigenvalue weighted by Gasteiger charge is 2.49. The fourth-order valence-corrected chi connectivity index (χ4v) is 3.53. The van der Waals surface area contributed by atoms with Gasteiger partial charge in [-0.05, 0) is 36.3 Å². The monoisotopic (exact) mass is 315 g/mol. The summed E-state index contributed by atoms with van der Waals surface area (Å²) in [7, 11) is 0. The van der Waals surface area contributed by atoms with Crippen LogP contribution in [0.1, 0.15) is 31.7 Å². The molecule has 1 atom stereocenters. The Morgan fingerprint density at radius 2 is 2.10 bits per heavy atom. The molecule has 0 spiro atoms. The second-order valence-corrected chi connectivity index (χ2v) is 6.96. The van der Waals surface area contributed by atoms with E-state index in [4.69, 9.17) is 23.2 Å². The average Bonchev–Trinajstić information content (AvgIpc) is 3.19. The molecule has 2 nitrogen and oxygen atoms in total. The van der Waals surface area contributed by atoms with Crippen molar-refractivity contribution < 1.29 is 9.18 Å². The second-order valence-electron chi connectivity index (χ2n) is 6.18. The molecule has 3 rings (SSSR count). The molecule has 1 aromatic carbocycles. The number of rotatable bonds is 3. The maximum absolute atomic E-state index is 13.9. The number of benzene rings is 1. The molecule has 1 saturated carbocycles. The lowest BCUT2D eigenvalue weighted by molar-refractivity contribution is -0.128. The summed E-state index contributed by atoms with van der Waals surface area (Å²) in [5.41, 5.74) is 0.353. The van der Waals surface area contributed by atoms with E-state index in [0.29, 0.717) is 29.5 Å². The van der Waals surface area contributed by atoms with E-state index in [-0.39, 0.29) is 22.9 Å². The maximum Gasteiger partial charge on any atom is 0.223 e. The van der Waals surface area contributed by atoms with Crippen LogP contribution in [0.4, 0.5) is 4.39 Å². The molecule has 0 N–H and O–H groups in total. The number of likely N-dealkylation sites (tertiary alicyclic amines) is 1. The molecule has 2 fully saturated rings. The first-order valence-electron chi connectivity index (χ1n) is 6.81. The molecule has 1 unspecified atom stereocenters. The number of hydrogen-bond acceptors (Lipinski definition) is 1. The van der Waals surface area contributed by atoms with Gasteiger partial charge >= 0.3 is 0 Å². The second kappa shape index (κ2) is 4.88. The molecule has 1 aliphatic carbocycles. The number of halogens is 3. The van der Waals surface area contributed by atoms with Crippen LogP contribution in [0.2, 0.25) is 10.0 Å². The molecule has 20 heavy (non-hydrogen) atoms. The van der Waals surface area contributed by atoms with Crippen molar-refractivity contribution in [1.29, 1.82) is 0 Å². The van der Waals surface area contributed by atoms with E-state index in [9.17, 15) is 9.18 Å².